The predicted octanol–water partition coefficient (Wildman–Crippen LogP) is 2.64. The molecule has 0 spiro atoms. The summed E-state index contributed by atoms with van der Waals surface area (Å²) < 4.78 is 18.6. The monoisotopic (exact) mass is 261 g/mol. The van der Waals surface area contributed by atoms with E-state index in [4.69, 9.17) is 4.42 Å². The lowest BCUT2D eigenvalue weighted by Crippen LogP contribution is -2.33. The van der Waals surface area contributed by atoms with Crippen molar-refractivity contribution in [2.45, 2.75) is 32.9 Å². The summed E-state index contributed by atoms with van der Waals surface area (Å²) in [5.74, 6) is 1.06. The maximum Gasteiger partial charge on any atom is 0.230 e. The minimum Gasteiger partial charge on any atom is -0.424 e. The van der Waals surface area contributed by atoms with Crippen LogP contribution in [0.15, 0.2) is 22.6 Å². The van der Waals surface area contributed by atoms with Crippen LogP contribution in [0, 0.1) is 12.7 Å². The van der Waals surface area contributed by atoms with Crippen LogP contribution in [-0.2, 0) is 13.0 Å². The summed E-state index contributed by atoms with van der Waals surface area (Å²) in [6.45, 7) is 5.42. The van der Waals surface area contributed by atoms with Crippen LogP contribution < -0.4 is 0 Å². The van der Waals surface area contributed by atoms with Crippen LogP contribution in [0.1, 0.15) is 35.9 Å². The Morgan fingerprint density at radius 1 is 1.42 bits per heavy atom. The second kappa shape index (κ2) is 4.74. The first-order valence-electron chi connectivity index (χ1n) is 6.45. The van der Waals surface area contributed by atoms with Crippen LogP contribution >= 0.6 is 0 Å². The van der Waals surface area contributed by atoms with Gasteiger partial charge in [0.1, 0.15) is 5.82 Å². The number of halogens is 1. The number of aryl methyl sites for hydroxylation is 1. The van der Waals surface area contributed by atoms with Gasteiger partial charge in [0.25, 0.3) is 0 Å². The van der Waals surface area contributed by atoms with Gasteiger partial charge in [-0.25, -0.2) is 4.39 Å². The summed E-state index contributed by atoms with van der Waals surface area (Å²) in [4.78, 5) is 2.27. The van der Waals surface area contributed by atoms with Crippen LogP contribution in [0.3, 0.4) is 0 Å². The Bertz CT molecular complexity index is 596. The van der Waals surface area contributed by atoms with Gasteiger partial charge in [-0.15, -0.1) is 10.2 Å². The third-order valence-corrected chi connectivity index (χ3v) is 3.68. The van der Waals surface area contributed by atoms with Gasteiger partial charge in [0, 0.05) is 19.5 Å². The molecule has 2 aromatic rings. The average Bonchev–Trinajstić information content (AvgIpc) is 2.78. The van der Waals surface area contributed by atoms with Gasteiger partial charge >= 0.3 is 0 Å². The van der Waals surface area contributed by atoms with E-state index in [1.165, 1.54) is 11.6 Å². The molecule has 1 atom stereocenters. The third kappa shape index (κ3) is 2.38. The molecule has 0 N–H and O–H groups in total. The van der Waals surface area contributed by atoms with Crippen molar-refractivity contribution in [2.24, 2.45) is 0 Å². The number of benzene rings is 1. The van der Waals surface area contributed by atoms with Crippen LogP contribution in [0.5, 0.6) is 0 Å². The minimum absolute atomic E-state index is 0.160. The van der Waals surface area contributed by atoms with E-state index in [0.29, 0.717) is 18.3 Å². The van der Waals surface area contributed by atoms with Crippen molar-refractivity contribution in [1.82, 2.24) is 15.1 Å². The van der Waals surface area contributed by atoms with Crippen LogP contribution in [-0.4, -0.2) is 21.6 Å². The average molecular weight is 261 g/mol. The second-order valence-electron chi connectivity index (χ2n) is 4.95. The standard InChI is InChI=1S/C14H16FN3O/c1-9-13-4-3-12(15)7-11(13)5-6-18(9)8-14-17-16-10(2)19-14/h3-4,7,9H,5-6,8H2,1-2H3. The summed E-state index contributed by atoms with van der Waals surface area (Å²) in [6, 6.07) is 5.27. The molecule has 19 heavy (non-hydrogen) atoms. The van der Waals surface area contributed by atoms with Gasteiger partial charge in [-0.05, 0) is 36.6 Å². The van der Waals surface area contributed by atoms with Crippen molar-refractivity contribution in [3.63, 3.8) is 0 Å². The van der Waals surface area contributed by atoms with Crippen LogP contribution in [0.2, 0.25) is 0 Å². The normalized spacial score (nSPS) is 19.4. The Morgan fingerprint density at radius 3 is 3.00 bits per heavy atom. The smallest absolute Gasteiger partial charge is 0.230 e. The fourth-order valence-electron chi connectivity index (χ4n) is 2.64. The Kier molecular flexibility index (Phi) is 3.06. The number of fused-ring (bicyclic) bond motifs is 1. The molecule has 3 rings (SSSR count). The van der Waals surface area contributed by atoms with Gasteiger partial charge in [-0.2, -0.15) is 0 Å². The molecule has 1 aliphatic heterocycles. The predicted molar refractivity (Wildman–Crippen MR) is 68.0 cm³/mol. The minimum atomic E-state index is -0.160. The first kappa shape index (κ1) is 12.3. The van der Waals surface area contributed by atoms with E-state index >= 15 is 0 Å². The molecule has 1 aliphatic rings. The molecule has 1 aromatic carbocycles. The van der Waals surface area contributed by atoms with Crippen LogP contribution in [0.25, 0.3) is 0 Å². The fraction of sp³-hybridized carbons (Fsp3) is 0.429. The number of aromatic nitrogens is 2. The summed E-state index contributed by atoms with van der Waals surface area (Å²) in [5, 5.41) is 7.87. The number of nitrogens with zero attached hydrogens (tertiary/aromatic N) is 3. The molecule has 0 fully saturated rings. The summed E-state index contributed by atoms with van der Waals surface area (Å²) in [7, 11) is 0. The zero-order valence-corrected chi connectivity index (χ0v) is 11.1. The van der Waals surface area contributed by atoms with Crippen molar-refractivity contribution in [3.05, 3.63) is 46.9 Å². The molecule has 1 unspecified atom stereocenters. The maximum atomic E-state index is 13.2. The van der Waals surface area contributed by atoms with E-state index in [0.717, 1.165) is 18.5 Å². The maximum absolute atomic E-state index is 13.2. The number of hydrogen-bond donors (Lipinski definition) is 0. The lowest BCUT2D eigenvalue weighted by molar-refractivity contribution is 0.171. The van der Waals surface area contributed by atoms with E-state index in [2.05, 4.69) is 22.0 Å². The molecule has 100 valence electrons. The van der Waals surface area contributed by atoms with Crippen molar-refractivity contribution < 1.29 is 8.81 Å². The van der Waals surface area contributed by atoms with Crippen molar-refractivity contribution in [1.29, 1.82) is 0 Å². The van der Waals surface area contributed by atoms with Gasteiger partial charge in [0.2, 0.25) is 11.8 Å². The van der Waals surface area contributed by atoms with Crippen molar-refractivity contribution >= 4 is 0 Å². The largest absolute Gasteiger partial charge is 0.424 e. The molecular weight excluding hydrogens is 245 g/mol. The number of rotatable bonds is 2. The highest BCUT2D eigenvalue weighted by Gasteiger charge is 2.25. The zero-order chi connectivity index (χ0) is 13.4. The van der Waals surface area contributed by atoms with Gasteiger partial charge in [0.15, 0.2) is 0 Å². The zero-order valence-electron chi connectivity index (χ0n) is 11.1. The molecule has 0 radical (unpaired) electrons. The molecule has 0 saturated carbocycles. The molecule has 2 heterocycles. The van der Waals surface area contributed by atoms with Crippen molar-refractivity contribution in [2.75, 3.05) is 6.54 Å². The highest BCUT2D eigenvalue weighted by Crippen LogP contribution is 2.30. The molecular formula is C14H16FN3O. The first-order valence-corrected chi connectivity index (χ1v) is 6.45. The first-order chi connectivity index (χ1) is 9.13. The quantitative estimate of drug-likeness (QED) is 0.833. The topological polar surface area (TPSA) is 42.2 Å². The van der Waals surface area contributed by atoms with Gasteiger partial charge in [0.05, 0.1) is 6.54 Å². The Hall–Kier alpha value is -1.75. The lowest BCUT2D eigenvalue weighted by Gasteiger charge is -2.34. The fourth-order valence-corrected chi connectivity index (χ4v) is 2.64. The lowest BCUT2D eigenvalue weighted by atomic mass is 9.93. The molecule has 0 amide bonds. The van der Waals surface area contributed by atoms with Gasteiger partial charge in [-0.1, -0.05) is 6.07 Å². The highest BCUT2D eigenvalue weighted by molar-refractivity contribution is 5.32. The Morgan fingerprint density at radius 2 is 2.26 bits per heavy atom. The Labute approximate surface area is 111 Å². The summed E-state index contributed by atoms with van der Waals surface area (Å²) >= 11 is 0. The van der Waals surface area contributed by atoms with Crippen LogP contribution in [0.4, 0.5) is 4.39 Å². The van der Waals surface area contributed by atoms with Gasteiger partial charge < -0.3 is 4.42 Å². The van der Waals surface area contributed by atoms with E-state index in [1.807, 2.05) is 6.07 Å². The molecule has 0 bridgehead atoms. The van der Waals surface area contributed by atoms with E-state index in [9.17, 15) is 4.39 Å². The molecule has 4 nitrogen and oxygen atoms in total. The Balaban J connectivity index is 1.81. The number of hydrogen-bond acceptors (Lipinski definition) is 4. The van der Waals surface area contributed by atoms with E-state index in [-0.39, 0.29) is 11.9 Å². The van der Waals surface area contributed by atoms with E-state index in [1.54, 1.807) is 13.0 Å². The summed E-state index contributed by atoms with van der Waals surface area (Å²) in [6.07, 6.45) is 0.852. The SMILES string of the molecule is Cc1nnc(CN2CCc3cc(F)ccc3C2C)o1. The molecule has 0 aliphatic carbocycles. The summed E-state index contributed by atoms with van der Waals surface area (Å²) in [5.41, 5.74) is 2.29. The molecule has 1 aromatic heterocycles. The molecule has 5 heteroatoms. The second-order valence-corrected chi connectivity index (χ2v) is 4.95. The molecule has 0 saturated heterocycles. The van der Waals surface area contributed by atoms with Gasteiger partial charge in [-0.3, -0.25) is 4.90 Å². The third-order valence-electron chi connectivity index (χ3n) is 3.68. The van der Waals surface area contributed by atoms with Crippen molar-refractivity contribution in [3.8, 4) is 0 Å². The van der Waals surface area contributed by atoms with E-state index < -0.39 is 0 Å². The highest BCUT2D eigenvalue weighted by atomic mass is 19.1.